The Morgan fingerprint density at radius 1 is 1.02 bits per heavy atom. The number of hydrogen-bond acceptors (Lipinski definition) is 7. The molecular weight excluding hydrogens is 579 g/mol. The number of amides is 1. The van der Waals surface area contributed by atoms with Gasteiger partial charge < -0.3 is 5.73 Å². The number of carbonyl (C=O) groups is 1. The molecule has 2 aliphatic rings. The Morgan fingerprint density at radius 2 is 1.54 bits per heavy atom. The highest BCUT2D eigenvalue weighted by Crippen LogP contribution is 2.55. The van der Waals surface area contributed by atoms with Gasteiger partial charge in [0.1, 0.15) is 21.4 Å². The maximum atomic E-state index is 15.5. The minimum Gasteiger partial charge on any atom is -0.368 e. The highest BCUT2D eigenvalue weighted by Gasteiger charge is 2.69. The van der Waals surface area contributed by atoms with Crippen LogP contribution in [0.15, 0.2) is 53.4 Å². The third-order valence-corrected chi connectivity index (χ3v) is 9.27. The van der Waals surface area contributed by atoms with E-state index in [9.17, 15) is 26.9 Å². The van der Waals surface area contributed by atoms with E-state index in [-0.39, 0.29) is 23.7 Å². The first kappa shape index (κ1) is 30.6. The van der Waals surface area contributed by atoms with Crippen LogP contribution in [0.3, 0.4) is 0 Å². The molecule has 0 radical (unpaired) electrons. The molecule has 0 aromatic heterocycles. The van der Waals surface area contributed by atoms with Gasteiger partial charge in [-0.1, -0.05) is 48.2 Å². The first-order chi connectivity index (χ1) is 18.9. The molecule has 218 valence electrons. The van der Waals surface area contributed by atoms with Crippen LogP contribution in [-0.4, -0.2) is 63.7 Å². The fraction of sp³-hybridized carbons (Fsp3) is 0.429. The van der Waals surface area contributed by atoms with Crippen LogP contribution in [0, 0.1) is 29.1 Å². The fourth-order valence-electron chi connectivity index (χ4n) is 4.82. The van der Waals surface area contributed by atoms with Crippen molar-refractivity contribution in [3.05, 3.63) is 54.1 Å². The highest BCUT2D eigenvalue weighted by molar-refractivity contribution is 7.91. The van der Waals surface area contributed by atoms with E-state index in [1.807, 2.05) is 6.07 Å². The Bertz CT molecular complexity index is 1660. The second-order valence-electron chi connectivity index (χ2n) is 10.6. The minimum atomic E-state index is -5.19. The summed E-state index contributed by atoms with van der Waals surface area (Å²) in [6.45, 7) is 0. The standard InChI is InChI=1S/C28H28F3N3O5S2/c1-40(36,37)17-24(25(33)35)34(26(18-32)15-16-26)27(28(29,30)31,14-13-19-3-4-19)22-9-5-20(6-10-22)21-7-11-23(12-8-21)41(2,38)39/h5-12,19,24H,3-4,15-17H2,1-2H3,(H2,33,35)/t24-,27-/m0/s1. The van der Waals surface area contributed by atoms with Crippen molar-refractivity contribution in [2.24, 2.45) is 11.7 Å². The molecule has 0 spiro atoms. The minimum absolute atomic E-state index is 0.0370. The number of nitrogens with zero attached hydrogens (tertiary/aromatic N) is 2. The van der Waals surface area contributed by atoms with Crippen molar-refractivity contribution >= 4 is 25.6 Å². The van der Waals surface area contributed by atoms with Crippen molar-refractivity contribution in [1.29, 1.82) is 5.26 Å². The monoisotopic (exact) mass is 607 g/mol. The van der Waals surface area contributed by atoms with Gasteiger partial charge in [-0.05, 0) is 54.5 Å². The number of rotatable bonds is 9. The Labute approximate surface area is 237 Å². The second-order valence-corrected chi connectivity index (χ2v) is 14.9. The lowest BCUT2D eigenvalue weighted by atomic mass is 9.83. The Morgan fingerprint density at radius 3 is 1.90 bits per heavy atom. The number of sulfone groups is 2. The van der Waals surface area contributed by atoms with E-state index in [4.69, 9.17) is 5.73 Å². The van der Waals surface area contributed by atoms with Crippen molar-refractivity contribution in [2.45, 2.75) is 53.9 Å². The topological polar surface area (TPSA) is 138 Å². The number of halogens is 3. The third kappa shape index (κ3) is 6.27. The molecule has 0 unspecified atom stereocenters. The van der Waals surface area contributed by atoms with E-state index in [1.165, 1.54) is 48.5 Å². The van der Waals surface area contributed by atoms with Crippen molar-refractivity contribution in [3.63, 3.8) is 0 Å². The zero-order chi connectivity index (χ0) is 30.4. The SMILES string of the molecule is CS(=O)(=O)C[C@@H](C(N)=O)N(C1(C#N)CC1)[C@@](C#CC1CC1)(c1ccc(-c2ccc(S(C)(=O)=O)cc2)cc1)C(F)(F)F. The lowest BCUT2D eigenvalue weighted by Gasteiger charge is -2.47. The molecule has 8 nitrogen and oxygen atoms in total. The van der Waals surface area contributed by atoms with Crippen LogP contribution >= 0.6 is 0 Å². The van der Waals surface area contributed by atoms with Crippen LogP contribution in [0.25, 0.3) is 11.1 Å². The molecule has 4 rings (SSSR count). The fourth-order valence-corrected chi connectivity index (χ4v) is 6.34. The zero-order valence-corrected chi connectivity index (χ0v) is 23.9. The first-order valence-corrected chi connectivity index (χ1v) is 16.6. The van der Waals surface area contributed by atoms with Crippen molar-refractivity contribution in [3.8, 4) is 29.0 Å². The van der Waals surface area contributed by atoms with Gasteiger partial charge in [0.05, 0.1) is 16.7 Å². The number of nitriles is 1. The van der Waals surface area contributed by atoms with Gasteiger partial charge >= 0.3 is 6.18 Å². The molecule has 2 aliphatic carbocycles. The molecular formula is C28H28F3N3O5S2. The zero-order valence-electron chi connectivity index (χ0n) is 22.3. The summed E-state index contributed by atoms with van der Waals surface area (Å²) in [5.41, 5.74) is 1.08. The molecule has 2 aromatic rings. The smallest absolute Gasteiger partial charge is 0.368 e. The van der Waals surface area contributed by atoms with Crippen LogP contribution in [0.1, 0.15) is 31.2 Å². The van der Waals surface area contributed by atoms with Crippen LogP contribution in [-0.2, 0) is 30.0 Å². The molecule has 2 saturated carbocycles. The van der Waals surface area contributed by atoms with Gasteiger partial charge in [-0.15, -0.1) is 0 Å². The first-order valence-electron chi connectivity index (χ1n) is 12.6. The van der Waals surface area contributed by atoms with Gasteiger partial charge in [-0.3, -0.25) is 4.79 Å². The Balaban J connectivity index is 1.94. The molecule has 2 fully saturated rings. The molecule has 2 aromatic carbocycles. The van der Waals surface area contributed by atoms with E-state index in [0.29, 0.717) is 28.9 Å². The quantitative estimate of drug-likeness (QED) is 0.432. The molecule has 13 heteroatoms. The van der Waals surface area contributed by atoms with E-state index >= 15 is 13.2 Å². The van der Waals surface area contributed by atoms with Gasteiger partial charge in [-0.25, -0.2) is 21.7 Å². The summed E-state index contributed by atoms with van der Waals surface area (Å²) in [5.74, 6) is 2.37. The molecule has 2 atom stereocenters. The summed E-state index contributed by atoms with van der Waals surface area (Å²) >= 11 is 0. The van der Waals surface area contributed by atoms with Gasteiger partial charge in [0, 0.05) is 18.4 Å². The molecule has 0 bridgehead atoms. The van der Waals surface area contributed by atoms with Gasteiger partial charge in [0.25, 0.3) is 0 Å². The molecule has 0 aliphatic heterocycles. The number of primary amides is 1. The summed E-state index contributed by atoms with van der Waals surface area (Å²) in [4.78, 5) is 13.3. The summed E-state index contributed by atoms with van der Waals surface area (Å²) in [7, 11) is -7.48. The van der Waals surface area contributed by atoms with Crippen LogP contribution in [0.2, 0.25) is 0 Å². The number of benzene rings is 2. The largest absolute Gasteiger partial charge is 0.422 e. The Kier molecular flexibility index (Phi) is 7.80. The molecule has 0 heterocycles. The van der Waals surface area contributed by atoms with E-state index in [0.717, 1.165) is 12.5 Å². The van der Waals surface area contributed by atoms with Gasteiger partial charge in [0.2, 0.25) is 11.4 Å². The van der Waals surface area contributed by atoms with E-state index in [1.54, 1.807) is 0 Å². The summed E-state index contributed by atoms with van der Waals surface area (Å²) in [5, 5.41) is 10.0. The molecule has 41 heavy (non-hydrogen) atoms. The van der Waals surface area contributed by atoms with E-state index < -0.39 is 60.2 Å². The number of alkyl halides is 3. The lowest BCUT2D eigenvalue weighted by molar-refractivity contribution is -0.228. The molecule has 2 N–H and O–H groups in total. The predicted molar refractivity (Wildman–Crippen MR) is 145 cm³/mol. The van der Waals surface area contributed by atoms with Crippen molar-refractivity contribution in [1.82, 2.24) is 4.90 Å². The number of nitrogens with two attached hydrogens (primary N) is 1. The van der Waals surface area contributed by atoms with E-state index in [2.05, 4.69) is 11.8 Å². The van der Waals surface area contributed by atoms with Crippen LogP contribution in [0.4, 0.5) is 13.2 Å². The molecule has 0 saturated heterocycles. The Hall–Kier alpha value is -3.39. The molecule has 1 amide bonds. The summed E-state index contributed by atoms with van der Waals surface area (Å²) < 4.78 is 94.7. The maximum Gasteiger partial charge on any atom is 0.422 e. The van der Waals surface area contributed by atoms with Crippen molar-refractivity contribution < 1.29 is 34.8 Å². The number of hydrogen-bond donors (Lipinski definition) is 1. The van der Waals surface area contributed by atoms with Crippen LogP contribution in [0.5, 0.6) is 0 Å². The maximum absolute atomic E-state index is 15.5. The third-order valence-electron chi connectivity index (χ3n) is 7.22. The normalized spacial score (nSPS) is 18.9. The number of carbonyl (C=O) groups excluding carboxylic acids is 1. The summed E-state index contributed by atoms with van der Waals surface area (Å²) in [6, 6.07) is 10.8. The van der Waals surface area contributed by atoms with Gasteiger partial charge in [-0.2, -0.15) is 18.4 Å². The second kappa shape index (κ2) is 10.5. The van der Waals surface area contributed by atoms with Gasteiger partial charge in [0.15, 0.2) is 9.84 Å². The van der Waals surface area contributed by atoms with Crippen LogP contribution < -0.4 is 5.73 Å². The summed E-state index contributed by atoms with van der Waals surface area (Å²) in [6.07, 6.45) is -2.24. The average Bonchev–Trinajstić information content (AvgIpc) is 3.80. The predicted octanol–water partition coefficient (Wildman–Crippen LogP) is 3.18. The highest BCUT2D eigenvalue weighted by atomic mass is 32.2. The van der Waals surface area contributed by atoms with Crippen molar-refractivity contribution in [2.75, 3.05) is 18.3 Å². The average molecular weight is 608 g/mol. The lowest BCUT2D eigenvalue weighted by Crippen LogP contribution is -2.67.